The molecule has 4 rings (SSSR count). The van der Waals surface area contributed by atoms with E-state index in [9.17, 15) is 9.18 Å². The van der Waals surface area contributed by atoms with Crippen molar-refractivity contribution in [2.24, 2.45) is 5.10 Å². The van der Waals surface area contributed by atoms with Gasteiger partial charge in [-0.25, -0.2) is 9.40 Å². The quantitative estimate of drug-likeness (QED) is 0.649. The van der Waals surface area contributed by atoms with Crippen LogP contribution in [0.4, 0.5) is 4.39 Å². The molecule has 1 atom stereocenters. The van der Waals surface area contributed by atoms with Crippen LogP contribution < -0.4 is 0 Å². The summed E-state index contributed by atoms with van der Waals surface area (Å²) in [7, 11) is 2.04. The van der Waals surface area contributed by atoms with Crippen molar-refractivity contribution in [2.45, 2.75) is 64.5 Å². The zero-order valence-corrected chi connectivity index (χ0v) is 18.8. The van der Waals surface area contributed by atoms with Crippen LogP contribution in [0.3, 0.4) is 0 Å². The Morgan fingerprint density at radius 1 is 1.13 bits per heavy atom. The fourth-order valence-corrected chi connectivity index (χ4v) is 4.95. The molecule has 0 bridgehead atoms. The summed E-state index contributed by atoms with van der Waals surface area (Å²) in [6.45, 7) is 4.48. The van der Waals surface area contributed by atoms with Crippen molar-refractivity contribution in [1.82, 2.24) is 9.91 Å². The first-order valence-electron chi connectivity index (χ1n) is 11.4. The van der Waals surface area contributed by atoms with Crippen LogP contribution in [-0.2, 0) is 4.79 Å². The van der Waals surface area contributed by atoms with E-state index < -0.39 is 0 Å². The van der Waals surface area contributed by atoms with Crippen LogP contribution in [0.2, 0.25) is 0 Å². The maximum atomic E-state index is 14.0. The van der Waals surface area contributed by atoms with Crippen molar-refractivity contribution < 1.29 is 9.18 Å². The number of hydrogen-bond acceptors (Lipinski definition) is 3. The molecule has 164 valence electrons. The smallest absolute Gasteiger partial charge is 0.257 e. The van der Waals surface area contributed by atoms with Gasteiger partial charge in [0.2, 0.25) is 0 Å². The van der Waals surface area contributed by atoms with Gasteiger partial charge in [-0.3, -0.25) is 9.69 Å². The average molecular weight is 422 g/mol. The molecule has 31 heavy (non-hydrogen) atoms. The van der Waals surface area contributed by atoms with Gasteiger partial charge in [0.25, 0.3) is 5.91 Å². The predicted octanol–water partition coefficient (Wildman–Crippen LogP) is 5.38. The highest BCUT2D eigenvalue weighted by Gasteiger charge is 2.34. The predicted molar refractivity (Wildman–Crippen MR) is 123 cm³/mol. The standard InChI is InChI=1S/C26H32FN3O/c1-18-12-13-23(19(2)14-18)24-16-25(20-8-7-9-21(27)15-20)30(28-24)26(31)17-29(3)22-10-5-4-6-11-22/h7-9,12-15,22,25H,4-6,10-11,16-17H2,1-3H3/t25-/m1/s1. The van der Waals surface area contributed by atoms with Crippen LogP contribution in [0.1, 0.15) is 66.8 Å². The van der Waals surface area contributed by atoms with Crippen molar-refractivity contribution in [1.29, 1.82) is 0 Å². The summed E-state index contributed by atoms with van der Waals surface area (Å²) >= 11 is 0. The van der Waals surface area contributed by atoms with Gasteiger partial charge in [-0.15, -0.1) is 0 Å². The summed E-state index contributed by atoms with van der Waals surface area (Å²) in [4.78, 5) is 15.5. The third kappa shape index (κ3) is 4.87. The largest absolute Gasteiger partial charge is 0.295 e. The minimum atomic E-state index is -0.288. The average Bonchev–Trinajstić information content (AvgIpc) is 3.19. The molecule has 0 radical (unpaired) electrons. The van der Waals surface area contributed by atoms with Gasteiger partial charge >= 0.3 is 0 Å². The van der Waals surface area contributed by atoms with Gasteiger partial charge < -0.3 is 0 Å². The van der Waals surface area contributed by atoms with Crippen LogP contribution >= 0.6 is 0 Å². The second-order valence-corrected chi connectivity index (χ2v) is 9.09. The van der Waals surface area contributed by atoms with Gasteiger partial charge in [0.15, 0.2) is 0 Å². The maximum Gasteiger partial charge on any atom is 0.257 e. The lowest BCUT2D eigenvalue weighted by atomic mass is 9.94. The van der Waals surface area contributed by atoms with Crippen LogP contribution in [0.15, 0.2) is 47.6 Å². The molecule has 4 nitrogen and oxygen atoms in total. The first kappa shape index (κ1) is 21.7. The van der Waals surface area contributed by atoms with E-state index in [1.807, 2.05) is 13.1 Å². The zero-order valence-electron chi connectivity index (χ0n) is 18.8. The van der Waals surface area contributed by atoms with E-state index in [0.29, 0.717) is 19.0 Å². The minimum absolute atomic E-state index is 0.0258. The first-order chi connectivity index (χ1) is 14.9. The van der Waals surface area contributed by atoms with Gasteiger partial charge in [-0.1, -0.05) is 55.2 Å². The lowest BCUT2D eigenvalue weighted by molar-refractivity contribution is -0.134. The number of amides is 1. The van der Waals surface area contributed by atoms with E-state index in [1.54, 1.807) is 11.1 Å². The number of nitrogens with zero attached hydrogens (tertiary/aromatic N) is 3. The topological polar surface area (TPSA) is 35.9 Å². The van der Waals surface area contributed by atoms with E-state index in [2.05, 4.69) is 36.9 Å². The molecular formula is C26H32FN3O. The van der Waals surface area contributed by atoms with E-state index in [-0.39, 0.29) is 17.8 Å². The van der Waals surface area contributed by atoms with E-state index in [4.69, 9.17) is 5.10 Å². The van der Waals surface area contributed by atoms with Crippen molar-refractivity contribution >= 4 is 11.6 Å². The summed E-state index contributed by atoms with van der Waals surface area (Å²) in [6.07, 6.45) is 6.63. The second kappa shape index (κ2) is 9.31. The Bertz CT molecular complexity index is 980. The molecule has 1 amide bonds. The Morgan fingerprint density at radius 3 is 2.61 bits per heavy atom. The van der Waals surface area contributed by atoms with Gasteiger partial charge in [0, 0.05) is 18.0 Å². The van der Waals surface area contributed by atoms with E-state index in [0.717, 1.165) is 35.2 Å². The number of rotatable bonds is 5. The Morgan fingerprint density at radius 2 is 1.90 bits per heavy atom. The number of benzene rings is 2. The third-order valence-electron chi connectivity index (χ3n) is 6.67. The molecule has 0 aromatic heterocycles. The monoisotopic (exact) mass is 421 g/mol. The van der Waals surface area contributed by atoms with Crippen molar-refractivity contribution in [3.8, 4) is 0 Å². The maximum absolute atomic E-state index is 14.0. The Hall–Kier alpha value is -2.53. The van der Waals surface area contributed by atoms with Crippen LogP contribution in [0.5, 0.6) is 0 Å². The Kier molecular flexibility index (Phi) is 6.51. The third-order valence-corrected chi connectivity index (χ3v) is 6.67. The van der Waals surface area contributed by atoms with Crippen LogP contribution in [0, 0.1) is 19.7 Å². The second-order valence-electron chi connectivity index (χ2n) is 9.09. The summed E-state index contributed by atoms with van der Waals surface area (Å²) in [5.74, 6) is -0.314. The summed E-state index contributed by atoms with van der Waals surface area (Å²) in [5, 5.41) is 6.39. The number of carbonyl (C=O) groups excluding carboxylic acids is 1. The molecule has 1 aliphatic carbocycles. The molecule has 2 aromatic carbocycles. The zero-order chi connectivity index (χ0) is 22.0. The molecule has 1 fully saturated rings. The molecule has 1 heterocycles. The molecule has 5 heteroatoms. The normalized spacial score (nSPS) is 19.7. The van der Waals surface area contributed by atoms with Crippen molar-refractivity contribution in [3.63, 3.8) is 0 Å². The highest BCUT2D eigenvalue weighted by atomic mass is 19.1. The SMILES string of the molecule is Cc1ccc(C2=NN(C(=O)CN(C)C3CCCCC3)[C@@H](c3cccc(F)c3)C2)c(C)c1. The summed E-state index contributed by atoms with van der Waals surface area (Å²) < 4.78 is 14.0. The van der Waals surface area contributed by atoms with Gasteiger partial charge in [0.1, 0.15) is 5.82 Å². The molecule has 1 aliphatic heterocycles. The molecule has 0 spiro atoms. The number of carbonyl (C=O) groups is 1. The first-order valence-corrected chi connectivity index (χ1v) is 11.4. The van der Waals surface area contributed by atoms with E-state index in [1.165, 1.54) is 37.0 Å². The highest BCUT2D eigenvalue weighted by molar-refractivity contribution is 6.04. The van der Waals surface area contributed by atoms with Gasteiger partial charge in [-0.05, 0) is 57.0 Å². The fourth-order valence-electron chi connectivity index (χ4n) is 4.95. The van der Waals surface area contributed by atoms with Gasteiger partial charge in [-0.2, -0.15) is 5.10 Å². The van der Waals surface area contributed by atoms with E-state index >= 15 is 0 Å². The molecule has 2 aromatic rings. The number of likely N-dealkylation sites (N-methyl/N-ethyl adjacent to an activating group) is 1. The highest BCUT2D eigenvalue weighted by Crippen LogP contribution is 2.34. The van der Waals surface area contributed by atoms with Gasteiger partial charge in [0.05, 0.1) is 18.3 Å². The van der Waals surface area contributed by atoms with Crippen molar-refractivity contribution in [2.75, 3.05) is 13.6 Å². The lowest BCUT2D eigenvalue weighted by Crippen LogP contribution is -2.42. The van der Waals surface area contributed by atoms with Crippen LogP contribution in [0.25, 0.3) is 0 Å². The van der Waals surface area contributed by atoms with Crippen molar-refractivity contribution in [3.05, 3.63) is 70.5 Å². The number of aryl methyl sites for hydroxylation is 2. The molecule has 0 saturated heterocycles. The lowest BCUT2D eigenvalue weighted by Gasteiger charge is -2.32. The van der Waals surface area contributed by atoms with Crippen LogP contribution in [-0.4, -0.2) is 41.2 Å². The Balaban J connectivity index is 1.61. The fraction of sp³-hybridized carbons (Fsp3) is 0.462. The molecule has 2 aliphatic rings. The summed E-state index contributed by atoms with van der Waals surface area (Å²) in [5.41, 5.74) is 5.08. The molecular weight excluding hydrogens is 389 g/mol. The number of hydrazone groups is 1. The molecule has 1 saturated carbocycles. The Labute approximate surface area is 184 Å². The number of halogens is 1. The molecule has 0 unspecified atom stereocenters. The molecule has 0 N–H and O–H groups in total. The minimum Gasteiger partial charge on any atom is -0.295 e. The summed E-state index contributed by atoms with van der Waals surface area (Å²) in [6, 6.07) is 13.0. The number of hydrogen-bond donors (Lipinski definition) is 0.